The second-order valence-corrected chi connectivity index (χ2v) is 3.31. The fourth-order valence-corrected chi connectivity index (χ4v) is 1.78. The lowest BCUT2D eigenvalue weighted by atomic mass is 10.0. The van der Waals surface area contributed by atoms with Gasteiger partial charge < -0.3 is 4.57 Å². The van der Waals surface area contributed by atoms with Crippen LogP contribution in [0.4, 0.5) is 0 Å². The molecule has 0 saturated heterocycles. The molecule has 14 heavy (non-hydrogen) atoms. The Kier molecular flexibility index (Phi) is 1.50. The van der Waals surface area contributed by atoms with E-state index in [1.807, 2.05) is 18.2 Å². The van der Waals surface area contributed by atoms with E-state index in [1.54, 1.807) is 6.33 Å². The van der Waals surface area contributed by atoms with E-state index in [0.29, 0.717) is 0 Å². The number of hydrogen-bond donors (Lipinski definition) is 0. The average Bonchev–Trinajstić information content (AvgIpc) is 2.61. The second kappa shape index (κ2) is 2.80. The molecule has 2 aliphatic rings. The van der Waals surface area contributed by atoms with Crippen molar-refractivity contribution in [2.24, 2.45) is 0 Å². The molecule has 68 valence electrons. The topological polar surface area (TPSA) is 30.7 Å². The molecule has 1 aromatic rings. The van der Waals surface area contributed by atoms with Crippen LogP contribution in [-0.4, -0.2) is 14.8 Å². The number of rotatable bonds is 0. The number of allylic oxidation sites excluding steroid dienone is 7. The third-order valence-electron chi connectivity index (χ3n) is 2.47. The van der Waals surface area contributed by atoms with E-state index in [1.165, 1.54) is 5.57 Å². The van der Waals surface area contributed by atoms with E-state index in [2.05, 4.69) is 39.1 Å². The summed E-state index contributed by atoms with van der Waals surface area (Å²) in [6.07, 6.45) is 16.2. The number of nitrogens with zero attached hydrogens (tertiary/aromatic N) is 3. The first kappa shape index (κ1) is 7.50. The van der Waals surface area contributed by atoms with Gasteiger partial charge in [0.1, 0.15) is 6.33 Å². The van der Waals surface area contributed by atoms with Gasteiger partial charge in [0, 0.05) is 0 Å². The van der Waals surface area contributed by atoms with Crippen LogP contribution in [0.2, 0.25) is 0 Å². The van der Waals surface area contributed by atoms with Gasteiger partial charge in [-0.1, -0.05) is 36.5 Å². The van der Waals surface area contributed by atoms with Gasteiger partial charge in [-0.3, -0.25) is 0 Å². The fraction of sp³-hybridized carbons (Fsp3) is 0.0909. The molecule has 1 aromatic heterocycles. The molecule has 3 nitrogen and oxygen atoms in total. The highest BCUT2D eigenvalue weighted by atomic mass is 15.3. The monoisotopic (exact) mass is 183 g/mol. The minimum Gasteiger partial charge on any atom is -0.303 e. The van der Waals surface area contributed by atoms with Crippen LogP contribution < -0.4 is 0 Å². The van der Waals surface area contributed by atoms with Gasteiger partial charge in [-0.25, -0.2) is 0 Å². The maximum Gasteiger partial charge on any atom is 0.157 e. The van der Waals surface area contributed by atoms with Crippen molar-refractivity contribution in [3.05, 3.63) is 54.2 Å². The molecule has 0 radical (unpaired) electrons. The molecule has 1 aliphatic carbocycles. The standard InChI is InChI=1S/C11H9N3/c1-2-6-10-9(4-1)5-3-7-11-13-12-8-14(10)11/h1-8,10H. The molecular weight excluding hydrogens is 174 g/mol. The zero-order chi connectivity index (χ0) is 9.38. The summed E-state index contributed by atoms with van der Waals surface area (Å²) in [7, 11) is 0. The Balaban J connectivity index is 2.20. The molecule has 1 aliphatic heterocycles. The Morgan fingerprint density at radius 1 is 1.14 bits per heavy atom. The normalized spacial score (nSPS) is 22.6. The minimum atomic E-state index is 0.250. The molecule has 0 fully saturated rings. The van der Waals surface area contributed by atoms with Crippen molar-refractivity contribution in [2.45, 2.75) is 6.04 Å². The van der Waals surface area contributed by atoms with Crippen LogP contribution in [0.1, 0.15) is 11.9 Å². The second-order valence-electron chi connectivity index (χ2n) is 3.31. The van der Waals surface area contributed by atoms with Crippen LogP contribution in [0.5, 0.6) is 0 Å². The SMILES string of the molecule is C1=CC2=CC=Cc3nncn3C2C=C1. The molecule has 3 heteroatoms. The third-order valence-corrected chi connectivity index (χ3v) is 2.47. The summed E-state index contributed by atoms with van der Waals surface area (Å²) >= 11 is 0. The van der Waals surface area contributed by atoms with Crippen LogP contribution in [0.15, 0.2) is 48.4 Å². The summed E-state index contributed by atoms with van der Waals surface area (Å²) in [5.74, 6) is 0.904. The van der Waals surface area contributed by atoms with Crippen molar-refractivity contribution >= 4 is 6.08 Å². The van der Waals surface area contributed by atoms with Gasteiger partial charge in [0.2, 0.25) is 0 Å². The number of hydrogen-bond acceptors (Lipinski definition) is 2. The van der Waals surface area contributed by atoms with Gasteiger partial charge in [-0.2, -0.15) is 0 Å². The quantitative estimate of drug-likeness (QED) is 0.615. The van der Waals surface area contributed by atoms with E-state index >= 15 is 0 Å². The minimum absolute atomic E-state index is 0.250. The Morgan fingerprint density at radius 3 is 3.14 bits per heavy atom. The number of aromatic nitrogens is 3. The van der Waals surface area contributed by atoms with Crippen molar-refractivity contribution in [2.75, 3.05) is 0 Å². The van der Waals surface area contributed by atoms with Crippen molar-refractivity contribution in [3.8, 4) is 0 Å². The van der Waals surface area contributed by atoms with E-state index in [-0.39, 0.29) is 6.04 Å². The van der Waals surface area contributed by atoms with Gasteiger partial charge >= 0.3 is 0 Å². The van der Waals surface area contributed by atoms with Crippen LogP contribution in [0.25, 0.3) is 6.08 Å². The van der Waals surface area contributed by atoms with Crippen molar-refractivity contribution in [1.82, 2.24) is 14.8 Å². The zero-order valence-corrected chi connectivity index (χ0v) is 7.54. The van der Waals surface area contributed by atoms with E-state index in [4.69, 9.17) is 0 Å². The van der Waals surface area contributed by atoms with Gasteiger partial charge in [-0.15, -0.1) is 10.2 Å². The summed E-state index contributed by atoms with van der Waals surface area (Å²) in [5, 5.41) is 7.96. The highest BCUT2D eigenvalue weighted by molar-refractivity contribution is 5.50. The summed E-state index contributed by atoms with van der Waals surface area (Å²) < 4.78 is 2.06. The third kappa shape index (κ3) is 0.988. The average molecular weight is 183 g/mol. The maximum absolute atomic E-state index is 4.04. The van der Waals surface area contributed by atoms with E-state index < -0.39 is 0 Å². The molecule has 0 bridgehead atoms. The molecule has 0 spiro atoms. The summed E-state index contributed by atoms with van der Waals surface area (Å²) in [4.78, 5) is 0. The Hall–Kier alpha value is -1.90. The van der Waals surface area contributed by atoms with Crippen LogP contribution in [0.3, 0.4) is 0 Å². The van der Waals surface area contributed by atoms with E-state index in [0.717, 1.165) is 5.82 Å². The Morgan fingerprint density at radius 2 is 2.14 bits per heavy atom. The highest BCUT2D eigenvalue weighted by Crippen LogP contribution is 2.27. The van der Waals surface area contributed by atoms with Gasteiger partial charge in [-0.05, 0) is 11.6 Å². The molecule has 0 amide bonds. The lowest BCUT2D eigenvalue weighted by Gasteiger charge is -2.17. The molecule has 0 N–H and O–H groups in total. The lowest BCUT2D eigenvalue weighted by Crippen LogP contribution is -2.09. The smallest absolute Gasteiger partial charge is 0.157 e. The van der Waals surface area contributed by atoms with Crippen LogP contribution in [-0.2, 0) is 0 Å². The maximum atomic E-state index is 4.04. The molecule has 0 saturated carbocycles. The summed E-state index contributed by atoms with van der Waals surface area (Å²) in [5.41, 5.74) is 1.27. The zero-order valence-electron chi connectivity index (χ0n) is 7.54. The van der Waals surface area contributed by atoms with Crippen molar-refractivity contribution < 1.29 is 0 Å². The predicted molar refractivity (Wildman–Crippen MR) is 54.5 cm³/mol. The lowest BCUT2D eigenvalue weighted by molar-refractivity contribution is 0.688. The predicted octanol–water partition coefficient (Wildman–Crippen LogP) is 1.90. The first-order valence-corrected chi connectivity index (χ1v) is 4.58. The largest absolute Gasteiger partial charge is 0.303 e. The molecule has 1 unspecified atom stereocenters. The molecule has 3 rings (SSSR count). The van der Waals surface area contributed by atoms with E-state index in [9.17, 15) is 0 Å². The molecular formula is C11H9N3. The van der Waals surface area contributed by atoms with Crippen molar-refractivity contribution in [3.63, 3.8) is 0 Å². The fourth-order valence-electron chi connectivity index (χ4n) is 1.78. The van der Waals surface area contributed by atoms with Gasteiger partial charge in [0.25, 0.3) is 0 Å². The summed E-state index contributed by atoms with van der Waals surface area (Å²) in [6.45, 7) is 0. The van der Waals surface area contributed by atoms with Crippen LogP contribution in [0, 0.1) is 0 Å². The molecule has 0 aromatic carbocycles. The first-order valence-electron chi connectivity index (χ1n) is 4.58. The highest BCUT2D eigenvalue weighted by Gasteiger charge is 2.17. The molecule has 1 atom stereocenters. The summed E-state index contributed by atoms with van der Waals surface area (Å²) in [6, 6.07) is 0.250. The van der Waals surface area contributed by atoms with Gasteiger partial charge in [0.05, 0.1) is 6.04 Å². The number of fused-ring (bicyclic) bond motifs is 3. The van der Waals surface area contributed by atoms with Crippen LogP contribution >= 0.6 is 0 Å². The first-order chi connectivity index (χ1) is 6.95. The Bertz CT molecular complexity index is 474. The van der Waals surface area contributed by atoms with Crippen molar-refractivity contribution in [1.29, 1.82) is 0 Å². The van der Waals surface area contributed by atoms with Gasteiger partial charge in [0.15, 0.2) is 5.82 Å². The molecule has 2 heterocycles. The Labute approximate surface area is 81.8 Å².